The molecular weight excluding hydrogens is 575 g/mol. The van der Waals surface area contributed by atoms with Gasteiger partial charge in [0.25, 0.3) is 0 Å². The van der Waals surface area contributed by atoms with Crippen LogP contribution in [0.4, 0.5) is 0 Å². The van der Waals surface area contributed by atoms with Crippen molar-refractivity contribution in [1.29, 1.82) is 0 Å². The zero-order chi connectivity index (χ0) is 26.6. The number of ether oxygens (including phenoxy) is 1. The van der Waals surface area contributed by atoms with Gasteiger partial charge < -0.3 is 0 Å². The van der Waals surface area contributed by atoms with Gasteiger partial charge in [0.1, 0.15) is 0 Å². The van der Waals surface area contributed by atoms with E-state index in [1.165, 1.54) is 74.0 Å². The summed E-state index contributed by atoms with van der Waals surface area (Å²) in [6, 6.07) is 4.41. The molecule has 1 heterocycles. The molecule has 0 bridgehead atoms. The molecule has 0 saturated heterocycles. The number of tetrazole rings is 1. The van der Waals surface area contributed by atoms with Crippen LogP contribution < -0.4 is 4.74 Å². The molecule has 0 aliphatic carbocycles. The number of methoxy groups -OCH3 is 1. The number of rotatable bonds is 16. The zero-order valence-electron chi connectivity index (χ0n) is 23.5. The molecular formula is C28H46N4O2SSn. The van der Waals surface area contributed by atoms with E-state index in [4.69, 9.17) is 4.74 Å². The molecule has 0 radical (unpaired) electrons. The monoisotopic (exact) mass is 622 g/mol. The van der Waals surface area contributed by atoms with E-state index >= 15 is 0 Å². The fraction of sp³-hybridized carbons (Fsp3) is 0.643. The molecule has 0 unspecified atom stereocenters. The number of carbonyl (C=O) groups is 1. The van der Waals surface area contributed by atoms with Gasteiger partial charge in [-0.2, -0.15) is 0 Å². The van der Waals surface area contributed by atoms with E-state index in [2.05, 4.69) is 61.3 Å². The average molecular weight is 621 g/mol. The Morgan fingerprint density at radius 3 is 2.17 bits per heavy atom. The van der Waals surface area contributed by atoms with Gasteiger partial charge in [0, 0.05) is 0 Å². The Kier molecular flexibility index (Phi) is 13.5. The Hall–Kier alpha value is -1.35. The Morgan fingerprint density at radius 1 is 1.08 bits per heavy atom. The second kappa shape index (κ2) is 15.8. The molecule has 1 aromatic heterocycles. The number of benzene rings is 1. The Bertz CT molecular complexity index is 984. The SMILES string of the molecule is CCC[CH2][Sn]([CH2]CCC)([CH2]CCC)/[C](=C/CCc1nnn(C)n1)c1cc(C)c(OC)c(C(=O)SC)c1. The normalized spacial score (nSPS) is 12.2. The molecule has 1 aromatic carbocycles. The van der Waals surface area contributed by atoms with Crippen molar-refractivity contribution in [2.45, 2.75) is 92.4 Å². The van der Waals surface area contributed by atoms with Crippen molar-refractivity contribution in [3.05, 3.63) is 40.7 Å². The van der Waals surface area contributed by atoms with E-state index in [0.29, 0.717) is 11.3 Å². The number of thioether (sulfide) groups is 1. The van der Waals surface area contributed by atoms with Crippen LogP contribution in [0.25, 0.3) is 3.59 Å². The van der Waals surface area contributed by atoms with Gasteiger partial charge >= 0.3 is 228 Å². The van der Waals surface area contributed by atoms with E-state index in [-0.39, 0.29) is 5.12 Å². The van der Waals surface area contributed by atoms with E-state index in [1.807, 2.05) is 13.3 Å². The zero-order valence-corrected chi connectivity index (χ0v) is 27.2. The van der Waals surface area contributed by atoms with Crippen molar-refractivity contribution in [2.75, 3.05) is 13.4 Å². The first-order valence-corrected chi connectivity index (χ1v) is 22.3. The number of unbranched alkanes of at least 4 members (excludes halogenated alkanes) is 3. The van der Waals surface area contributed by atoms with Crippen LogP contribution in [-0.4, -0.2) is 57.1 Å². The Morgan fingerprint density at radius 2 is 1.69 bits per heavy atom. The van der Waals surface area contributed by atoms with Crippen LogP contribution in [0.1, 0.15) is 93.0 Å². The number of aromatic nitrogens is 4. The van der Waals surface area contributed by atoms with Crippen molar-refractivity contribution in [3.8, 4) is 5.75 Å². The number of carbonyl (C=O) groups excluding carboxylic acids is 1. The van der Waals surface area contributed by atoms with Gasteiger partial charge in [-0.3, -0.25) is 0 Å². The fourth-order valence-electron chi connectivity index (χ4n) is 5.20. The van der Waals surface area contributed by atoms with Crippen LogP contribution in [0.15, 0.2) is 18.2 Å². The first-order valence-electron chi connectivity index (χ1n) is 13.6. The van der Waals surface area contributed by atoms with Crippen LogP contribution in [0.5, 0.6) is 5.75 Å². The van der Waals surface area contributed by atoms with Crippen LogP contribution in [0, 0.1) is 6.92 Å². The number of allylic oxidation sites excluding steroid dienone is 1. The molecule has 8 heteroatoms. The van der Waals surface area contributed by atoms with Crippen LogP contribution >= 0.6 is 11.8 Å². The van der Waals surface area contributed by atoms with E-state index in [0.717, 1.165) is 24.2 Å². The van der Waals surface area contributed by atoms with Crippen molar-refractivity contribution in [3.63, 3.8) is 0 Å². The van der Waals surface area contributed by atoms with Crippen LogP contribution in [0.3, 0.4) is 0 Å². The summed E-state index contributed by atoms with van der Waals surface area (Å²) in [4.78, 5) is 14.5. The molecule has 0 N–H and O–H groups in total. The summed E-state index contributed by atoms with van der Waals surface area (Å²) in [6.07, 6.45) is 13.6. The minimum atomic E-state index is -2.82. The predicted molar refractivity (Wildman–Crippen MR) is 156 cm³/mol. The maximum absolute atomic E-state index is 12.9. The van der Waals surface area contributed by atoms with Crippen molar-refractivity contribution in [1.82, 2.24) is 20.2 Å². The second-order valence-corrected chi connectivity index (χ2v) is 23.7. The molecule has 0 atom stereocenters. The predicted octanol–water partition coefficient (Wildman–Crippen LogP) is 7.43. The van der Waals surface area contributed by atoms with Gasteiger partial charge in [0.2, 0.25) is 0 Å². The molecule has 0 aliphatic rings. The molecule has 0 aliphatic heterocycles. The standard InChI is InChI=1S/C16H19N4O2S.3C4H9.Sn/c1-11-9-12(10-13(15(11)22-3)16(21)23-4)7-5-6-8-14-17-19-20(2)18-14;3*1-3-4-2;/h5,9-10H,6,8H2,1-4H3;3*1,3-4H2,2H3;. The Balaban J connectivity index is 2.69. The molecule has 2 aromatic rings. The molecule has 0 spiro atoms. The van der Waals surface area contributed by atoms with Crippen molar-refractivity contribution < 1.29 is 9.53 Å². The minimum absolute atomic E-state index is 0.0661. The second-order valence-electron chi connectivity index (χ2n) is 9.81. The average Bonchev–Trinajstić information content (AvgIpc) is 3.30. The molecule has 0 fully saturated rings. The number of nitrogens with zero attached hydrogens (tertiary/aromatic N) is 4. The Labute approximate surface area is 226 Å². The van der Waals surface area contributed by atoms with Gasteiger partial charge in [-0.05, 0) is 0 Å². The third-order valence-corrected chi connectivity index (χ3v) is 23.5. The van der Waals surface area contributed by atoms with Crippen molar-refractivity contribution in [2.24, 2.45) is 7.05 Å². The molecule has 0 saturated carbocycles. The number of hydrogen-bond acceptors (Lipinski definition) is 6. The summed E-state index contributed by atoms with van der Waals surface area (Å²) in [5.41, 5.74) is 2.98. The number of aryl methyl sites for hydroxylation is 3. The topological polar surface area (TPSA) is 69.9 Å². The van der Waals surface area contributed by atoms with E-state index in [9.17, 15) is 4.79 Å². The van der Waals surface area contributed by atoms with Gasteiger partial charge in [0.15, 0.2) is 0 Å². The third-order valence-electron chi connectivity index (χ3n) is 7.06. The van der Waals surface area contributed by atoms with Gasteiger partial charge in [-0.1, -0.05) is 0 Å². The maximum atomic E-state index is 12.9. The summed E-state index contributed by atoms with van der Waals surface area (Å²) in [6.45, 7) is 9.01. The first-order chi connectivity index (χ1) is 17.3. The fourth-order valence-corrected chi connectivity index (χ4v) is 22.6. The molecule has 2 rings (SSSR count). The van der Waals surface area contributed by atoms with E-state index in [1.54, 1.807) is 10.7 Å². The molecule has 36 heavy (non-hydrogen) atoms. The summed E-state index contributed by atoms with van der Waals surface area (Å²) >= 11 is -1.57. The first kappa shape index (κ1) is 30.9. The van der Waals surface area contributed by atoms with E-state index < -0.39 is 18.4 Å². The number of hydrogen-bond donors (Lipinski definition) is 0. The van der Waals surface area contributed by atoms with Gasteiger partial charge in [0.05, 0.1) is 0 Å². The summed E-state index contributed by atoms with van der Waals surface area (Å²) in [5.74, 6) is 1.49. The molecule has 6 nitrogen and oxygen atoms in total. The van der Waals surface area contributed by atoms with Crippen molar-refractivity contribution >= 4 is 38.8 Å². The van der Waals surface area contributed by atoms with Crippen LogP contribution in [-0.2, 0) is 13.5 Å². The van der Waals surface area contributed by atoms with Gasteiger partial charge in [-0.25, -0.2) is 0 Å². The summed E-state index contributed by atoms with van der Waals surface area (Å²) in [5, 5.41) is 12.7. The van der Waals surface area contributed by atoms with Crippen LogP contribution in [0.2, 0.25) is 13.3 Å². The quantitative estimate of drug-likeness (QED) is 0.182. The third kappa shape index (κ3) is 8.33. The summed E-state index contributed by atoms with van der Waals surface area (Å²) in [7, 11) is 3.47. The summed E-state index contributed by atoms with van der Waals surface area (Å²) < 4.78 is 11.4. The molecule has 200 valence electrons. The molecule has 0 amide bonds. The van der Waals surface area contributed by atoms with Gasteiger partial charge in [-0.15, -0.1) is 0 Å².